The number of carbonyl (C=O) groups excluding carboxylic acids is 1. The molecule has 0 saturated heterocycles. The normalized spacial score (nSPS) is 12.9. The van der Waals surface area contributed by atoms with Crippen LogP contribution in [0.15, 0.2) is 35.2 Å². The summed E-state index contributed by atoms with van der Waals surface area (Å²) in [6.45, 7) is 1.81. The topological polar surface area (TPSA) is 68.2 Å². The van der Waals surface area contributed by atoms with Gasteiger partial charge < -0.3 is 9.88 Å². The molecule has 0 bridgehead atoms. The number of rotatable bonds is 4. The zero-order valence-electron chi connectivity index (χ0n) is 12.8. The third-order valence-electron chi connectivity index (χ3n) is 3.50. The summed E-state index contributed by atoms with van der Waals surface area (Å²) in [4.78, 5) is 12.5. The number of hydrogen-bond donors (Lipinski definition) is 1. The van der Waals surface area contributed by atoms with Gasteiger partial charge in [0.05, 0.1) is 16.0 Å². The van der Waals surface area contributed by atoms with E-state index in [1.807, 2.05) is 0 Å². The maximum atomic E-state index is 12.3. The van der Waals surface area contributed by atoms with Crippen molar-refractivity contribution in [3.8, 4) is 0 Å². The van der Waals surface area contributed by atoms with E-state index in [-0.39, 0.29) is 16.8 Å². The van der Waals surface area contributed by atoms with Crippen LogP contribution in [0.4, 0.5) is 0 Å². The van der Waals surface area contributed by atoms with Crippen LogP contribution in [0.1, 0.15) is 29.0 Å². The highest BCUT2D eigenvalue weighted by atomic mass is 35.5. The molecule has 1 aromatic carbocycles. The van der Waals surface area contributed by atoms with Gasteiger partial charge in [0.25, 0.3) is 5.91 Å². The summed E-state index contributed by atoms with van der Waals surface area (Å²) in [6.07, 6.45) is 1.15. The lowest BCUT2D eigenvalue weighted by Crippen LogP contribution is -2.28. The van der Waals surface area contributed by atoms with E-state index in [2.05, 4.69) is 5.32 Å². The zero-order chi connectivity index (χ0) is 17.4. The third-order valence-corrected chi connectivity index (χ3v) is 5.48. The second-order valence-electron chi connectivity index (χ2n) is 5.26. The molecule has 0 fully saturated rings. The molecule has 0 saturated carbocycles. The minimum Gasteiger partial charge on any atom is -0.344 e. The minimum absolute atomic E-state index is 0.237. The van der Waals surface area contributed by atoms with Gasteiger partial charge in [0.2, 0.25) is 0 Å². The molecule has 1 N–H and O–H groups in total. The van der Waals surface area contributed by atoms with E-state index in [4.69, 9.17) is 23.2 Å². The van der Waals surface area contributed by atoms with Crippen LogP contribution in [-0.2, 0) is 16.9 Å². The summed E-state index contributed by atoms with van der Waals surface area (Å²) in [6, 6.07) is 7.58. The first-order valence-electron chi connectivity index (χ1n) is 6.73. The van der Waals surface area contributed by atoms with Gasteiger partial charge in [-0.1, -0.05) is 35.3 Å². The average molecular weight is 375 g/mol. The van der Waals surface area contributed by atoms with Gasteiger partial charge in [-0.15, -0.1) is 0 Å². The number of amides is 1. The maximum absolute atomic E-state index is 12.3. The molecule has 2 rings (SSSR count). The number of sulfone groups is 1. The molecule has 5 nitrogen and oxygen atoms in total. The summed E-state index contributed by atoms with van der Waals surface area (Å²) in [5.74, 6) is -0.319. The molecule has 124 valence electrons. The summed E-state index contributed by atoms with van der Waals surface area (Å²) in [7, 11) is -1.59. The van der Waals surface area contributed by atoms with Gasteiger partial charge in [-0.05, 0) is 30.7 Å². The summed E-state index contributed by atoms with van der Waals surface area (Å²) in [5, 5.41) is 3.43. The second kappa shape index (κ2) is 6.55. The number of nitrogens with one attached hydrogen (secondary N) is 1. The number of halogens is 2. The molecule has 23 heavy (non-hydrogen) atoms. The molecule has 0 spiro atoms. The average Bonchev–Trinajstić information content (AvgIpc) is 2.74. The first-order valence-corrected chi connectivity index (χ1v) is 9.37. The van der Waals surface area contributed by atoms with Gasteiger partial charge in [-0.3, -0.25) is 4.79 Å². The Kier molecular flexibility index (Phi) is 5.08. The van der Waals surface area contributed by atoms with Crippen LogP contribution in [0.3, 0.4) is 0 Å². The predicted molar refractivity (Wildman–Crippen MR) is 90.9 cm³/mol. The second-order valence-corrected chi connectivity index (χ2v) is 8.04. The monoisotopic (exact) mass is 374 g/mol. The molecule has 0 aliphatic heterocycles. The molecule has 1 heterocycles. The van der Waals surface area contributed by atoms with Crippen LogP contribution in [-0.4, -0.2) is 25.1 Å². The van der Waals surface area contributed by atoms with Crippen molar-refractivity contribution < 1.29 is 13.2 Å². The smallest absolute Gasteiger partial charge is 0.268 e. The summed E-state index contributed by atoms with van der Waals surface area (Å²) in [5.41, 5.74) is 1.14. The van der Waals surface area contributed by atoms with Gasteiger partial charge in [-0.25, -0.2) is 8.42 Å². The predicted octanol–water partition coefficient (Wildman–Crippen LogP) is 3.23. The number of hydrogen-bond acceptors (Lipinski definition) is 3. The van der Waals surface area contributed by atoms with Gasteiger partial charge >= 0.3 is 0 Å². The lowest BCUT2D eigenvalue weighted by Gasteiger charge is -2.15. The summed E-state index contributed by atoms with van der Waals surface area (Å²) < 4.78 is 24.4. The Morgan fingerprint density at radius 2 is 1.78 bits per heavy atom. The molecule has 0 aliphatic carbocycles. The first kappa shape index (κ1) is 17.8. The van der Waals surface area contributed by atoms with Crippen LogP contribution in [0.5, 0.6) is 0 Å². The van der Waals surface area contributed by atoms with Crippen LogP contribution in [0.25, 0.3) is 0 Å². The number of carbonyl (C=O) groups is 1. The van der Waals surface area contributed by atoms with E-state index in [1.54, 1.807) is 26.1 Å². The molecule has 0 radical (unpaired) electrons. The van der Waals surface area contributed by atoms with Gasteiger partial charge in [0.15, 0.2) is 9.84 Å². The van der Waals surface area contributed by atoms with E-state index >= 15 is 0 Å². The van der Waals surface area contributed by atoms with Crippen LogP contribution in [0, 0.1) is 0 Å². The Bertz CT molecular complexity index is 842. The largest absolute Gasteiger partial charge is 0.344 e. The third kappa shape index (κ3) is 3.88. The van der Waals surface area contributed by atoms with Crippen molar-refractivity contribution in [3.05, 3.63) is 51.8 Å². The fourth-order valence-electron chi connectivity index (χ4n) is 2.12. The molecule has 8 heteroatoms. The van der Waals surface area contributed by atoms with Gasteiger partial charge in [0.1, 0.15) is 10.8 Å². The van der Waals surface area contributed by atoms with E-state index in [0.717, 1.165) is 11.8 Å². The fourth-order valence-corrected chi connectivity index (χ4v) is 3.12. The van der Waals surface area contributed by atoms with Gasteiger partial charge in [-0.2, -0.15) is 0 Å². The van der Waals surface area contributed by atoms with E-state index in [9.17, 15) is 13.2 Å². The lowest BCUT2D eigenvalue weighted by molar-refractivity contribution is 0.0931. The van der Waals surface area contributed by atoms with Crippen molar-refractivity contribution in [1.29, 1.82) is 0 Å². The van der Waals surface area contributed by atoms with Crippen molar-refractivity contribution >= 4 is 38.9 Å². The van der Waals surface area contributed by atoms with Crippen molar-refractivity contribution in [2.45, 2.75) is 17.9 Å². The van der Waals surface area contributed by atoms with Crippen LogP contribution < -0.4 is 5.32 Å². The Morgan fingerprint density at radius 1 is 1.22 bits per heavy atom. The molecular weight excluding hydrogens is 359 g/mol. The van der Waals surface area contributed by atoms with E-state index < -0.39 is 9.84 Å². The maximum Gasteiger partial charge on any atom is 0.268 e. The standard InChI is InChI=1S/C15H16Cl2N2O3S/c1-9(10-4-6-11(7-5-10)23(3,21)22)18-15(20)13-8-12(16)14(17)19(13)2/h4-9H,1-3H3,(H,18,20)/t9-/m0/s1. The van der Waals surface area contributed by atoms with Crippen molar-refractivity contribution in [2.24, 2.45) is 7.05 Å². The molecular formula is C15H16Cl2N2O3S. The molecule has 1 amide bonds. The van der Waals surface area contributed by atoms with Gasteiger partial charge in [0, 0.05) is 13.3 Å². The molecule has 0 unspecified atom stereocenters. The Labute approximate surface area is 145 Å². The molecule has 1 aromatic heterocycles. The number of nitrogens with zero attached hydrogens (tertiary/aromatic N) is 1. The Balaban J connectivity index is 2.16. The fraction of sp³-hybridized carbons (Fsp3) is 0.267. The Morgan fingerprint density at radius 3 is 2.22 bits per heavy atom. The molecule has 1 atom stereocenters. The number of aromatic nitrogens is 1. The minimum atomic E-state index is -3.24. The van der Waals surface area contributed by atoms with Crippen LogP contribution in [0.2, 0.25) is 10.2 Å². The van der Waals surface area contributed by atoms with Crippen LogP contribution >= 0.6 is 23.2 Å². The quantitative estimate of drug-likeness (QED) is 0.892. The highest BCUT2D eigenvalue weighted by Gasteiger charge is 2.18. The highest BCUT2D eigenvalue weighted by molar-refractivity contribution is 7.90. The molecule has 0 aliphatic rings. The highest BCUT2D eigenvalue weighted by Crippen LogP contribution is 2.25. The number of benzene rings is 1. The molecule has 2 aromatic rings. The van der Waals surface area contributed by atoms with Crippen molar-refractivity contribution in [1.82, 2.24) is 9.88 Å². The lowest BCUT2D eigenvalue weighted by atomic mass is 10.1. The summed E-state index contributed by atoms with van der Waals surface area (Å²) >= 11 is 11.9. The zero-order valence-corrected chi connectivity index (χ0v) is 15.1. The SMILES string of the molecule is C[C@H](NC(=O)c1cc(Cl)c(Cl)n1C)c1ccc(S(C)(=O)=O)cc1. The van der Waals surface area contributed by atoms with E-state index in [0.29, 0.717) is 15.9 Å². The van der Waals surface area contributed by atoms with Crippen molar-refractivity contribution in [3.63, 3.8) is 0 Å². The van der Waals surface area contributed by atoms with Crippen molar-refractivity contribution in [2.75, 3.05) is 6.26 Å². The Hall–Kier alpha value is -1.50. The van der Waals surface area contributed by atoms with E-state index in [1.165, 1.54) is 22.8 Å². The first-order chi connectivity index (χ1) is 10.6.